The van der Waals surface area contributed by atoms with Crippen LogP contribution in [0.2, 0.25) is 0 Å². The second kappa shape index (κ2) is 7.81. The van der Waals surface area contributed by atoms with Crippen molar-refractivity contribution in [2.75, 3.05) is 19.7 Å². The standard InChI is InChI=1S/C18H23N3O2/c22-18(9-12-23-17-6-2-1-3-7-17)21-11-4-5-15(14-21)13-16-8-10-19-20-16/h1-3,6-8,10,15H,4-5,9,11-14H2,(H,19,20)/t15-/m1/s1. The summed E-state index contributed by atoms with van der Waals surface area (Å²) in [6, 6.07) is 11.6. The van der Waals surface area contributed by atoms with Gasteiger partial charge in [-0.1, -0.05) is 18.2 Å². The van der Waals surface area contributed by atoms with Gasteiger partial charge < -0.3 is 9.64 Å². The number of ether oxygens (including phenoxy) is 1. The van der Waals surface area contributed by atoms with Crippen LogP contribution in [0, 0.1) is 5.92 Å². The molecule has 1 atom stereocenters. The topological polar surface area (TPSA) is 58.2 Å². The number of carbonyl (C=O) groups excluding carboxylic acids is 1. The van der Waals surface area contributed by atoms with Crippen molar-refractivity contribution in [3.8, 4) is 5.75 Å². The third-order valence-corrected chi connectivity index (χ3v) is 4.27. The zero-order valence-corrected chi connectivity index (χ0v) is 13.3. The van der Waals surface area contributed by atoms with Crippen molar-refractivity contribution >= 4 is 5.91 Å². The highest BCUT2D eigenvalue weighted by Gasteiger charge is 2.23. The maximum Gasteiger partial charge on any atom is 0.226 e. The lowest BCUT2D eigenvalue weighted by Crippen LogP contribution is -2.41. The van der Waals surface area contributed by atoms with E-state index in [9.17, 15) is 4.79 Å². The van der Waals surface area contributed by atoms with E-state index >= 15 is 0 Å². The number of H-pyrrole nitrogens is 1. The Kier molecular flexibility index (Phi) is 5.29. The van der Waals surface area contributed by atoms with Crippen LogP contribution in [0.3, 0.4) is 0 Å². The Balaban J connectivity index is 1.43. The lowest BCUT2D eigenvalue weighted by Gasteiger charge is -2.32. The normalized spacial score (nSPS) is 17.9. The smallest absolute Gasteiger partial charge is 0.226 e. The van der Waals surface area contributed by atoms with Gasteiger partial charge in [-0.05, 0) is 43.4 Å². The van der Waals surface area contributed by atoms with Gasteiger partial charge in [0, 0.05) is 25.0 Å². The Labute approximate surface area is 136 Å². The lowest BCUT2D eigenvalue weighted by atomic mass is 9.93. The van der Waals surface area contributed by atoms with Crippen molar-refractivity contribution in [2.45, 2.75) is 25.7 Å². The van der Waals surface area contributed by atoms with E-state index < -0.39 is 0 Å². The number of nitrogens with zero attached hydrogens (tertiary/aromatic N) is 2. The molecule has 122 valence electrons. The van der Waals surface area contributed by atoms with Crippen LogP contribution in [0.1, 0.15) is 25.0 Å². The number of hydrogen-bond acceptors (Lipinski definition) is 3. The summed E-state index contributed by atoms with van der Waals surface area (Å²) in [7, 11) is 0. The first-order valence-corrected chi connectivity index (χ1v) is 8.25. The van der Waals surface area contributed by atoms with Gasteiger partial charge in [0.25, 0.3) is 0 Å². The average Bonchev–Trinajstić information content (AvgIpc) is 3.09. The molecule has 23 heavy (non-hydrogen) atoms. The van der Waals surface area contributed by atoms with Crippen LogP contribution in [0.4, 0.5) is 0 Å². The molecule has 3 rings (SSSR count). The molecule has 0 radical (unpaired) electrons. The number of aromatic amines is 1. The molecule has 2 heterocycles. The molecule has 1 aromatic heterocycles. The molecule has 1 N–H and O–H groups in total. The van der Waals surface area contributed by atoms with Gasteiger partial charge in [0.2, 0.25) is 5.91 Å². The molecule has 1 aromatic carbocycles. The highest BCUT2D eigenvalue weighted by atomic mass is 16.5. The molecule has 0 aliphatic carbocycles. The Hall–Kier alpha value is -2.30. The summed E-state index contributed by atoms with van der Waals surface area (Å²) < 4.78 is 5.62. The first kappa shape index (κ1) is 15.6. The van der Waals surface area contributed by atoms with Crippen LogP contribution >= 0.6 is 0 Å². The quantitative estimate of drug-likeness (QED) is 0.892. The number of piperidine rings is 1. The minimum Gasteiger partial charge on any atom is -0.493 e. The molecule has 0 saturated carbocycles. The molecule has 0 spiro atoms. The molecule has 1 amide bonds. The zero-order valence-electron chi connectivity index (χ0n) is 13.3. The third kappa shape index (κ3) is 4.58. The minimum absolute atomic E-state index is 0.190. The number of aromatic nitrogens is 2. The Morgan fingerprint density at radius 2 is 2.17 bits per heavy atom. The maximum atomic E-state index is 12.4. The summed E-state index contributed by atoms with van der Waals surface area (Å²) in [6.45, 7) is 2.14. The van der Waals surface area contributed by atoms with Crippen LogP contribution in [-0.4, -0.2) is 40.7 Å². The van der Waals surface area contributed by atoms with Gasteiger partial charge in [-0.3, -0.25) is 9.89 Å². The van der Waals surface area contributed by atoms with Gasteiger partial charge in [-0.15, -0.1) is 0 Å². The molecule has 0 bridgehead atoms. The molecule has 1 aliphatic rings. The van der Waals surface area contributed by atoms with Crippen LogP contribution in [-0.2, 0) is 11.2 Å². The number of nitrogens with one attached hydrogen (secondary N) is 1. The van der Waals surface area contributed by atoms with Crippen molar-refractivity contribution < 1.29 is 9.53 Å². The molecule has 5 heteroatoms. The van der Waals surface area contributed by atoms with Gasteiger partial charge >= 0.3 is 0 Å². The molecule has 0 unspecified atom stereocenters. The molecular formula is C18H23N3O2. The fraction of sp³-hybridized carbons (Fsp3) is 0.444. The number of para-hydroxylation sites is 1. The van der Waals surface area contributed by atoms with Crippen molar-refractivity contribution in [1.29, 1.82) is 0 Å². The SMILES string of the molecule is O=C(CCOc1ccccc1)N1CCC[C@H](Cc2ccn[nH]2)C1. The van der Waals surface area contributed by atoms with E-state index in [2.05, 4.69) is 10.2 Å². The number of carbonyl (C=O) groups is 1. The van der Waals surface area contributed by atoms with E-state index in [0.717, 1.165) is 37.4 Å². The fourth-order valence-corrected chi connectivity index (χ4v) is 3.10. The number of hydrogen-bond donors (Lipinski definition) is 1. The lowest BCUT2D eigenvalue weighted by molar-refractivity contribution is -0.133. The summed E-state index contributed by atoms with van der Waals surface area (Å²) in [5.41, 5.74) is 1.15. The predicted molar refractivity (Wildman–Crippen MR) is 88.1 cm³/mol. The summed E-state index contributed by atoms with van der Waals surface area (Å²) in [4.78, 5) is 14.3. The first-order chi connectivity index (χ1) is 11.3. The van der Waals surface area contributed by atoms with Gasteiger partial charge in [0.05, 0.1) is 13.0 Å². The van der Waals surface area contributed by atoms with Gasteiger partial charge in [0.15, 0.2) is 0 Å². The second-order valence-corrected chi connectivity index (χ2v) is 6.05. The van der Waals surface area contributed by atoms with Gasteiger partial charge in [-0.2, -0.15) is 5.10 Å². The Morgan fingerprint density at radius 1 is 1.30 bits per heavy atom. The highest BCUT2D eigenvalue weighted by molar-refractivity contribution is 5.76. The average molecular weight is 313 g/mol. The van der Waals surface area contributed by atoms with Crippen LogP contribution in [0.15, 0.2) is 42.6 Å². The number of amides is 1. The predicted octanol–water partition coefficient (Wildman–Crippen LogP) is 2.66. The van der Waals surface area contributed by atoms with Crippen molar-refractivity contribution in [3.05, 3.63) is 48.3 Å². The van der Waals surface area contributed by atoms with E-state index in [0.29, 0.717) is 18.9 Å². The highest BCUT2D eigenvalue weighted by Crippen LogP contribution is 2.20. The van der Waals surface area contributed by atoms with Gasteiger partial charge in [-0.25, -0.2) is 0 Å². The van der Waals surface area contributed by atoms with Crippen LogP contribution in [0.25, 0.3) is 0 Å². The van der Waals surface area contributed by atoms with Crippen LogP contribution in [0.5, 0.6) is 5.75 Å². The van der Waals surface area contributed by atoms with Crippen LogP contribution < -0.4 is 4.74 Å². The Bertz CT molecular complexity index is 598. The maximum absolute atomic E-state index is 12.4. The molecule has 5 nitrogen and oxygen atoms in total. The third-order valence-electron chi connectivity index (χ3n) is 4.27. The van der Waals surface area contributed by atoms with Crippen molar-refractivity contribution in [3.63, 3.8) is 0 Å². The van der Waals surface area contributed by atoms with E-state index in [4.69, 9.17) is 4.74 Å². The van der Waals surface area contributed by atoms with E-state index in [1.54, 1.807) is 6.20 Å². The van der Waals surface area contributed by atoms with Gasteiger partial charge in [0.1, 0.15) is 5.75 Å². The summed E-state index contributed by atoms with van der Waals surface area (Å²) in [5.74, 6) is 1.52. The monoisotopic (exact) mass is 313 g/mol. The number of rotatable bonds is 6. The van der Waals surface area contributed by atoms with E-state index in [1.807, 2.05) is 41.3 Å². The first-order valence-electron chi connectivity index (χ1n) is 8.25. The van der Waals surface area contributed by atoms with E-state index in [1.165, 1.54) is 6.42 Å². The number of benzene rings is 1. The summed E-state index contributed by atoms with van der Waals surface area (Å²) in [5, 5.41) is 7.00. The Morgan fingerprint density at radius 3 is 2.96 bits per heavy atom. The number of likely N-dealkylation sites (tertiary alicyclic amines) is 1. The second-order valence-electron chi connectivity index (χ2n) is 6.05. The zero-order chi connectivity index (χ0) is 15.9. The molecule has 1 aliphatic heterocycles. The van der Waals surface area contributed by atoms with E-state index in [-0.39, 0.29) is 5.91 Å². The fourth-order valence-electron chi connectivity index (χ4n) is 3.10. The molecule has 1 saturated heterocycles. The molecule has 1 fully saturated rings. The minimum atomic E-state index is 0.190. The molecule has 2 aromatic rings. The largest absolute Gasteiger partial charge is 0.493 e. The summed E-state index contributed by atoms with van der Waals surface area (Å²) >= 11 is 0. The molecular weight excluding hydrogens is 290 g/mol. The van der Waals surface area contributed by atoms with Crippen molar-refractivity contribution in [1.82, 2.24) is 15.1 Å². The van der Waals surface area contributed by atoms with Crippen molar-refractivity contribution in [2.24, 2.45) is 5.92 Å². The summed E-state index contributed by atoms with van der Waals surface area (Å²) in [6.07, 6.45) is 5.42.